The highest BCUT2D eigenvalue weighted by Gasteiger charge is 2.07. The zero-order chi connectivity index (χ0) is 15.2. The molecule has 0 aliphatic carbocycles. The van der Waals surface area contributed by atoms with E-state index in [1.807, 2.05) is 18.2 Å². The zero-order valence-corrected chi connectivity index (χ0v) is 11.9. The van der Waals surface area contributed by atoms with Crippen LogP contribution in [0.3, 0.4) is 0 Å². The molecule has 21 heavy (non-hydrogen) atoms. The molecule has 0 saturated heterocycles. The lowest BCUT2D eigenvalue weighted by Gasteiger charge is -2.09. The van der Waals surface area contributed by atoms with Crippen molar-refractivity contribution in [2.75, 3.05) is 5.32 Å². The maximum Gasteiger partial charge on any atom is 0.319 e. The highest BCUT2D eigenvalue weighted by Crippen LogP contribution is 2.11. The van der Waals surface area contributed by atoms with Crippen LogP contribution >= 0.6 is 12.2 Å². The monoisotopic (exact) mass is 303 g/mol. The van der Waals surface area contributed by atoms with Crippen LogP contribution in [0, 0.1) is 5.82 Å². The predicted octanol–water partition coefficient (Wildman–Crippen LogP) is 2.78. The molecule has 0 bridgehead atoms. The van der Waals surface area contributed by atoms with Crippen LogP contribution in [-0.4, -0.2) is 11.0 Å². The van der Waals surface area contributed by atoms with E-state index < -0.39 is 11.8 Å². The molecule has 0 saturated carbocycles. The summed E-state index contributed by atoms with van der Waals surface area (Å²) in [5, 5.41) is 5.23. The van der Waals surface area contributed by atoms with E-state index in [0.717, 1.165) is 0 Å². The Morgan fingerprint density at radius 3 is 2.52 bits per heavy atom. The Morgan fingerprint density at radius 1 is 1.19 bits per heavy atom. The Hall–Kier alpha value is -2.47. The van der Waals surface area contributed by atoms with Gasteiger partial charge in [0.1, 0.15) is 10.8 Å². The van der Waals surface area contributed by atoms with Gasteiger partial charge in [0, 0.05) is 23.4 Å². The summed E-state index contributed by atoms with van der Waals surface area (Å²) in [4.78, 5) is 11.8. The van der Waals surface area contributed by atoms with Gasteiger partial charge in [0.05, 0.1) is 0 Å². The molecule has 0 spiro atoms. The number of urea groups is 1. The average Bonchev–Trinajstić information content (AvgIpc) is 2.47. The molecular formula is C15H14FN3OS. The first kappa shape index (κ1) is 14.9. The summed E-state index contributed by atoms with van der Waals surface area (Å²) in [5.74, 6) is -0.458. The van der Waals surface area contributed by atoms with Gasteiger partial charge >= 0.3 is 6.03 Å². The van der Waals surface area contributed by atoms with Gasteiger partial charge in [-0.3, -0.25) is 0 Å². The molecule has 0 unspecified atom stereocenters. The van der Waals surface area contributed by atoms with Gasteiger partial charge in [0.15, 0.2) is 0 Å². The standard InChI is InChI=1S/C15H14FN3OS/c16-13-8-10(14(17)21)6-7-11(13)9-18-15(20)19-12-4-2-1-3-5-12/h1-8H,9H2,(H2,17,21)(H2,18,19,20). The summed E-state index contributed by atoms with van der Waals surface area (Å²) in [6.45, 7) is 0.0715. The number of amides is 2. The van der Waals surface area contributed by atoms with Crippen molar-refractivity contribution in [2.45, 2.75) is 6.54 Å². The SMILES string of the molecule is NC(=S)c1ccc(CNC(=O)Nc2ccccc2)c(F)c1. The predicted molar refractivity (Wildman–Crippen MR) is 84.6 cm³/mol. The van der Waals surface area contributed by atoms with Crippen LogP contribution in [0.5, 0.6) is 0 Å². The van der Waals surface area contributed by atoms with Crippen LogP contribution in [0.2, 0.25) is 0 Å². The molecule has 0 heterocycles. The molecule has 2 rings (SSSR count). The van der Waals surface area contributed by atoms with Crippen molar-refractivity contribution in [3.63, 3.8) is 0 Å². The third kappa shape index (κ3) is 4.25. The molecule has 2 aromatic rings. The second-order valence-electron chi connectivity index (χ2n) is 4.34. The van der Waals surface area contributed by atoms with E-state index >= 15 is 0 Å². The van der Waals surface area contributed by atoms with Crippen LogP contribution in [-0.2, 0) is 6.54 Å². The minimum absolute atomic E-state index is 0.0715. The number of nitrogens with two attached hydrogens (primary N) is 1. The van der Waals surface area contributed by atoms with Gasteiger partial charge in [-0.25, -0.2) is 9.18 Å². The lowest BCUT2D eigenvalue weighted by molar-refractivity contribution is 0.251. The molecule has 6 heteroatoms. The van der Waals surface area contributed by atoms with Gasteiger partial charge in [0.2, 0.25) is 0 Å². The molecule has 108 valence electrons. The van der Waals surface area contributed by atoms with Gasteiger partial charge in [-0.05, 0) is 18.2 Å². The molecule has 4 N–H and O–H groups in total. The van der Waals surface area contributed by atoms with Crippen molar-refractivity contribution in [1.82, 2.24) is 5.32 Å². The summed E-state index contributed by atoms with van der Waals surface area (Å²) in [5.41, 5.74) is 6.91. The highest BCUT2D eigenvalue weighted by atomic mass is 32.1. The first-order valence-corrected chi connectivity index (χ1v) is 6.65. The summed E-state index contributed by atoms with van der Waals surface area (Å²) in [6.07, 6.45) is 0. The quantitative estimate of drug-likeness (QED) is 0.761. The molecule has 2 amide bonds. The van der Waals surface area contributed by atoms with Crippen LogP contribution in [0.4, 0.5) is 14.9 Å². The van der Waals surface area contributed by atoms with Crippen molar-refractivity contribution < 1.29 is 9.18 Å². The molecule has 0 radical (unpaired) electrons. The number of nitrogens with one attached hydrogen (secondary N) is 2. The van der Waals surface area contributed by atoms with Crippen molar-refractivity contribution in [2.24, 2.45) is 5.73 Å². The number of halogens is 1. The summed E-state index contributed by atoms with van der Waals surface area (Å²) < 4.78 is 13.8. The van der Waals surface area contributed by atoms with Gasteiger partial charge in [-0.2, -0.15) is 0 Å². The van der Waals surface area contributed by atoms with E-state index in [1.165, 1.54) is 6.07 Å². The fourth-order valence-electron chi connectivity index (χ4n) is 1.72. The lowest BCUT2D eigenvalue weighted by Crippen LogP contribution is -2.28. The van der Waals surface area contributed by atoms with Gasteiger partial charge in [-0.15, -0.1) is 0 Å². The minimum Gasteiger partial charge on any atom is -0.389 e. The van der Waals surface area contributed by atoms with E-state index in [0.29, 0.717) is 16.8 Å². The third-order valence-electron chi connectivity index (χ3n) is 2.81. The van der Waals surface area contributed by atoms with Crippen LogP contribution in [0.25, 0.3) is 0 Å². The fraction of sp³-hybridized carbons (Fsp3) is 0.0667. The van der Waals surface area contributed by atoms with Crippen molar-refractivity contribution in [3.8, 4) is 0 Å². The fourth-order valence-corrected chi connectivity index (χ4v) is 1.84. The average molecular weight is 303 g/mol. The lowest BCUT2D eigenvalue weighted by atomic mass is 10.1. The van der Waals surface area contributed by atoms with Crippen LogP contribution in [0.15, 0.2) is 48.5 Å². The summed E-state index contributed by atoms with van der Waals surface area (Å²) in [6, 6.07) is 13.0. The van der Waals surface area contributed by atoms with E-state index in [2.05, 4.69) is 10.6 Å². The number of rotatable bonds is 4. The highest BCUT2D eigenvalue weighted by molar-refractivity contribution is 7.80. The maximum absolute atomic E-state index is 13.8. The number of carbonyl (C=O) groups excluding carboxylic acids is 1. The Labute approximate surface area is 127 Å². The Bertz CT molecular complexity index is 661. The molecule has 2 aromatic carbocycles. The van der Waals surface area contributed by atoms with Crippen LogP contribution < -0.4 is 16.4 Å². The minimum atomic E-state index is -0.458. The third-order valence-corrected chi connectivity index (χ3v) is 3.04. The largest absolute Gasteiger partial charge is 0.389 e. The Morgan fingerprint density at radius 2 is 1.90 bits per heavy atom. The van der Waals surface area contributed by atoms with Crippen LogP contribution in [0.1, 0.15) is 11.1 Å². The first-order valence-electron chi connectivity index (χ1n) is 6.24. The summed E-state index contributed by atoms with van der Waals surface area (Å²) in [7, 11) is 0. The van der Waals surface area contributed by atoms with Crippen molar-refractivity contribution in [3.05, 3.63) is 65.5 Å². The molecule has 0 aliphatic heterocycles. The molecular weight excluding hydrogens is 289 g/mol. The van der Waals surface area contributed by atoms with Gasteiger partial charge in [0.25, 0.3) is 0 Å². The number of hydrogen-bond donors (Lipinski definition) is 3. The smallest absolute Gasteiger partial charge is 0.319 e. The molecule has 4 nitrogen and oxygen atoms in total. The summed E-state index contributed by atoms with van der Waals surface area (Å²) >= 11 is 4.78. The molecule has 0 aromatic heterocycles. The Kier molecular flexibility index (Phi) is 4.84. The number of para-hydroxylation sites is 1. The van der Waals surface area contributed by atoms with Gasteiger partial charge < -0.3 is 16.4 Å². The number of carbonyl (C=O) groups is 1. The number of hydrogen-bond acceptors (Lipinski definition) is 2. The van der Waals surface area contributed by atoms with E-state index in [-0.39, 0.29) is 11.5 Å². The second kappa shape index (κ2) is 6.81. The topological polar surface area (TPSA) is 67.1 Å². The van der Waals surface area contributed by atoms with E-state index in [1.54, 1.807) is 24.3 Å². The number of thiocarbonyl (C=S) groups is 1. The van der Waals surface area contributed by atoms with Crippen molar-refractivity contribution >= 4 is 28.9 Å². The Balaban J connectivity index is 1.94. The molecule has 0 aliphatic rings. The van der Waals surface area contributed by atoms with Crippen molar-refractivity contribution in [1.29, 1.82) is 0 Å². The second-order valence-corrected chi connectivity index (χ2v) is 4.78. The molecule has 0 fully saturated rings. The van der Waals surface area contributed by atoms with E-state index in [9.17, 15) is 9.18 Å². The normalized spacial score (nSPS) is 9.95. The number of anilines is 1. The zero-order valence-electron chi connectivity index (χ0n) is 11.1. The van der Waals surface area contributed by atoms with E-state index in [4.69, 9.17) is 18.0 Å². The maximum atomic E-state index is 13.8. The first-order chi connectivity index (χ1) is 10.1. The molecule has 0 atom stereocenters. The van der Waals surface area contributed by atoms with Gasteiger partial charge in [-0.1, -0.05) is 42.5 Å². The number of benzene rings is 2.